The van der Waals surface area contributed by atoms with Crippen molar-refractivity contribution >= 4 is 23.2 Å². The van der Waals surface area contributed by atoms with Crippen molar-refractivity contribution in [2.45, 2.75) is 26.9 Å². The molecule has 1 amide bonds. The van der Waals surface area contributed by atoms with Crippen molar-refractivity contribution in [3.8, 4) is 0 Å². The Labute approximate surface area is 132 Å². The van der Waals surface area contributed by atoms with E-state index in [4.69, 9.17) is 11.6 Å². The number of benzene rings is 1. The number of amides is 1. The van der Waals surface area contributed by atoms with Crippen LogP contribution in [0.1, 0.15) is 19.4 Å². The van der Waals surface area contributed by atoms with Crippen LogP contribution in [0.5, 0.6) is 0 Å². The fourth-order valence-electron chi connectivity index (χ4n) is 2.60. The molecule has 0 radical (unpaired) electrons. The van der Waals surface area contributed by atoms with Crippen LogP contribution in [0, 0.1) is 24.2 Å². The lowest BCUT2D eigenvalue weighted by Gasteiger charge is -2.06. The summed E-state index contributed by atoms with van der Waals surface area (Å²) >= 11 is 5.27. The van der Waals surface area contributed by atoms with Crippen molar-refractivity contribution in [3.05, 3.63) is 40.9 Å². The molecule has 0 bridgehead atoms. The Morgan fingerprint density at radius 1 is 1.27 bits per heavy atom. The summed E-state index contributed by atoms with van der Waals surface area (Å²) in [5, 5.41) is 1.57. The molecule has 1 aliphatic rings. The van der Waals surface area contributed by atoms with Crippen molar-refractivity contribution in [2.24, 2.45) is 17.3 Å². The third-order valence-corrected chi connectivity index (χ3v) is 4.45. The van der Waals surface area contributed by atoms with Crippen molar-refractivity contribution < 1.29 is 18.0 Å². The molecule has 1 aliphatic carbocycles. The Morgan fingerprint density at radius 2 is 1.82 bits per heavy atom. The monoisotopic (exact) mass is 331 g/mol. The van der Waals surface area contributed by atoms with Gasteiger partial charge in [-0.25, -0.2) is 0 Å². The number of allylic oxidation sites excluding steroid dienone is 2. The lowest BCUT2D eigenvalue weighted by Crippen LogP contribution is -2.16. The average Bonchev–Trinajstić information content (AvgIpc) is 2.92. The van der Waals surface area contributed by atoms with Crippen LogP contribution < -0.4 is 5.32 Å². The Balaban J connectivity index is 2.09. The smallest absolute Gasteiger partial charge is 0.326 e. The van der Waals surface area contributed by atoms with E-state index < -0.39 is 28.5 Å². The van der Waals surface area contributed by atoms with Gasteiger partial charge in [0.15, 0.2) is 0 Å². The normalized spacial score (nSPS) is 24.0. The lowest BCUT2D eigenvalue weighted by molar-refractivity contribution is -0.118. The van der Waals surface area contributed by atoms with Crippen LogP contribution in [0.15, 0.2) is 35.4 Å². The van der Waals surface area contributed by atoms with Crippen molar-refractivity contribution in [3.63, 3.8) is 0 Å². The van der Waals surface area contributed by atoms with E-state index in [9.17, 15) is 18.0 Å². The predicted octanol–water partition coefficient (Wildman–Crippen LogP) is 4.89. The number of nitrogens with one attached hydrogen (secondary N) is 1. The first-order chi connectivity index (χ1) is 10.0. The van der Waals surface area contributed by atoms with Crippen LogP contribution in [-0.4, -0.2) is 12.1 Å². The zero-order valence-electron chi connectivity index (χ0n) is 12.5. The summed E-state index contributed by atoms with van der Waals surface area (Å²) in [6.07, 6.45) is -3.63. The first-order valence-electron chi connectivity index (χ1n) is 6.85. The molecule has 1 N–H and O–H groups in total. The van der Waals surface area contributed by atoms with Crippen LogP contribution in [-0.2, 0) is 4.79 Å². The number of hydrogen-bond acceptors (Lipinski definition) is 1. The number of alkyl halides is 3. The number of anilines is 1. The van der Waals surface area contributed by atoms with E-state index in [0.717, 1.165) is 11.6 Å². The van der Waals surface area contributed by atoms with Crippen LogP contribution in [0.2, 0.25) is 0 Å². The van der Waals surface area contributed by atoms with Crippen LogP contribution in [0.3, 0.4) is 0 Å². The van der Waals surface area contributed by atoms with E-state index in [1.165, 1.54) is 0 Å². The number of carbonyl (C=O) groups excluding carboxylic acids is 1. The van der Waals surface area contributed by atoms with Gasteiger partial charge in [0, 0.05) is 5.69 Å². The Morgan fingerprint density at radius 3 is 2.32 bits per heavy atom. The molecule has 0 saturated heterocycles. The maximum Gasteiger partial charge on any atom is 0.426 e. The van der Waals surface area contributed by atoms with E-state index in [1.54, 1.807) is 26.0 Å². The van der Waals surface area contributed by atoms with E-state index >= 15 is 0 Å². The molecule has 120 valence electrons. The third-order valence-electron chi connectivity index (χ3n) is 4.11. The van der Waals surface area contributed by atoms with Gasteiger partial charge < -0.3 is 5.32 Å². The van der Waals surface area contributed by atoms with Gasteiger partial charge in [-0.2, -0.15) is 13.2 Å². The first kappa shape index (κ1) is 16.9. The van der Waals surface area contributed by atoms with E-state index in [2.05, 4.69) is 5.32 Å². The van der Waals surface area contributed by atoms with Gasteiger partial charge in [-0.15, -0.1) is 0 Å². The van der Waals surface area contributed by atoms with Crippen LogP contribution >= 0.6 is 11.6 Å². The Hall–Kier alpha value is -1.49. The first-order valence-corrected chi connectivity index (χ1v) is 7.23. The molecule has 6 heteroatoms. The second-order valence-corrected chi connectivity index (χ2v) is 6.60. The molecule has 0 heterocycles. The second-order valence-electron chi connectivity index (χ2n) is 6.19. The van der Waals surface area contributed by atoms with Crippen molar-refractivity contribution in [2.75, 3.05) is 5.32 Å². The molecule has 2 nitrogen and oxygen atoms in total. The van der Waals surface area contributed by atoms with E-state index in [1.807, 2.05) is 19.1 Å². The molecular formula is C16H17ClF3NO. The third kappa shape index (κ3) is 3.46. The molecule has 0 aliphatic heterocycles. The SMILES string of the molecule is Cc1ccc(NC(=O)C2C(C=C(Cl)C(F)(F)F)C2(C)C)cc1. The molecule has 2 rings (SSSR count). The van der Waals surface area contributed by atoms with Gasteiger partial charge in [0.25, 0.3) is 0 Å². The molecule has 22 heavy (non-hydrogen) atoms. The van der Waals surface area contributed by atoms with Gasteiger partial charge in [-0.1, -0.05) is 49.2 Å². The maximum atomic E-state index is 12.5. The summed E-state index contributed by atoms with van der Waals surface area (Å²) in [7, 11) is 0. The van der Waals surface area contributed by atoms with Crippen molar-refractivity contribution in [1.82, 2.24) is 0 Å². The highest BCUT2D eigenvalue weighted by molar-refractivity contribution is 6.30. The summed E-state index contributed by atoms with van der Waals surface area (Å²) in [5.74, 6) is -1.33. The van der Waals surface area contributed by atoms with E-state index in [-0.39, 0.29) is 5.91 Å². The largest absolute Gasteiger partial charge is 0.426 e. The molecule has 0 spiro atoms. The molecule has 1 saturated carbocycles. The fourth-order valence-corrected chi connectivity index (χ4v) is 2.73. The Bertz CT molecular complexity index is 605. The summed E-state index contributed by atoms with van der Waals surface area (Å²) < 4.78 is 37.5. The predicted molar refractivity (Wildman–Crippen MR) is 80.6 cm³/mol. The molecular weight excluding hydrogens is 315 g/mol. The topological polar surface area (TPSA) is 29.1 Å². The Kier molecular flexibility index (Phi) is 4.30. The number of carbonyl (C=O) groups is 1. The van der Waals surface area contributed by atoms with Crippen molar-refractivity contribution in [1.29, 1.82) is 0 Å². The zero-order valence-corrected chi connectivity index (χ0v) is 13.2. The van der Waals surface area contributed by atoms with Crippen LogP contribution in [0.4, 0.5) is 18.9 Å². The van der Waals surface area contributed by atoms with Gasteiger partial charge >= 0.3 is 6.18 Å². The molecule has 1 aromatic carbocycles. The minimum absolute atomic E-state index is 0.290. The summed E-state index contributed by atoms with van der Waals surface area (Å²) in [4.78, 5) is 12.3. The summed E-state index contributed by atoms with van der Waals surface area (Å²) in [6, 6.07) is 7.23. The zero-order chi connectivity index (χ0) is 16.7. The number of rotatable bonds is 3. The maximum absolute atomic E-state index is 12.5. The molecule has 2 atom stereocenters. The second kappa shape index (κ2) is 5.61. The number of aryl methyl sites for hydroxylation is 1. The molecule has 2 unspecified atom stereocenters. The van der Waals surface area contributed by atoms with Gasteiger partial charge in [0.2, 0.25) is 5.91 Å². The quantitative estimate of drug-likeness (QED) is 0.839. The van der Waals surface area contributed by atoms with Gasteiger partial charge in [0.1, 0.15) is 5.03 Å². The highest BCUT2D eigenvalue weighted by atomic mass is 35.5. The van der Waals surface area contributed by atoms with Gasteiger partial charge in [-0.05, 0) is 30.4 Å². The standard InChI is InChI=1S/C16H17ClF3NO/c1-9-4-6-10(7-5-9)21-14(22)13-11(15(13,2)3)8-12(17)16(18,19)20/h4-8,11,13H,1-3H3,(H,21,22). The molecule has 1 aromatic rings. The number of hydrogen-bond donors (Lipinski definition) is 1. The highest BCUT2D eigenvalue weighted by Crippen LogP contribution is 2.60. The van der Waals surface area contributed by atoms with Gasteiger partial charge in [-0.3, -0.25) is 4.79 Å². The highest BCUT2D eigenvalue weighted by Gasteiger charge is 2.61. The minimum atomic E-state index is -4.57. The summed E-state index contributed by atoms with van der Waals surface area (Å²) in [6.45, 7) is 5.44. The average molecular weight is 332 g/mol. The minimum Gasteiger partial charge on any atom is -0.326 e. The van der Waals surface area contributed by atoms with E-state index in [0.29, 0.717) is 5.69 Å². The molecule has 0 aromatic heterocycles. The van der Waals surface area contributed by atoms with Gasteiger partial charge in [0.05, 0.1) is 5.92 Å². The van der Waals surface area contributed by atoms with Crippen LogP contribution in [0.25, 0.3) is 0 Å². The lowest BCUT2D eigenvalue weighted by atomic mass is 10.1. The number of halogens is 4. The summed E-state index contributed by atoms with van der Waals surface area (Å²) in [5.41, 5.74) is 1.14. The molecule has 1 fully saturated rings. The fraction of sp³-hybridized carbons (Fsp3) is 0.438.